The Morgan fingerprint density at radius 1 is 1.50 bits per heavy atom. The van der Waals surface area contributed by atoms with Crippen LogP contribution in [0.15, 0.2) is 24.3 Å². The molecule has 3 nitrogen and oxygen atoms in total. The van der Waals surface area contributed by atoms with Gasteiger partial charge < -0.3 is 10.2 Å². The van der Waals surface area contributed by atoms with Crippen molar-refractivity contribution >= 4 is 29.4 Å². The average molecular weight is 285 g/mol. The smallest absolute Gasteiger partial charge is 0.317 e. The highest BCUT2D eigenvalue weighted by molar-refractivity contribution is 7.99. The van der Waals surface area contributed by atoms with E-state index in [1.165, 1.54) is 0 Å². The molecule has 18 heavy (non-hydrogen) atoms. The van der Waals surface area contributed by atoms with Gasteiger partial charge in [-0.2, -0.15) is 11.8 Å². The summed E-state index contributed by atoms with van der Waals surface area (Å²) in [5, 5.41) is 4.24. The van der Waals surface area contributed by atoms with Crippen LogP contribution in [-0.2, 0) is 6.54 Å². The van der Waals surface area contributed by atoms with Crippen molar-refractivity contribution in [2.24, 2.45) is 0 Å². The molecular formula is C13H17ClN2OS. The summed E-state index contributed by atoms with van der Waals surface area (Å²) in [6, 6.07) is 7.56. The van der Waals surface area contributed by atoms with E-state index in [0.717, 1.165) is 25.1 Å². The molecule has 0 bridgehead atoms. The third-order valence-corrected chi connectivity index (χ3v) is 4.43. The predicted molar refractivity (Wildman–Crippen MR) is 77.2 cm³/mol. The summed E-state index contributed by atoms with van der Waals surface area (Å²) in [4.78, 5) is 13.8. The molecule has 1 N–H and O–H groups in total. The molecular weight excluding hydrogens is 268 g/mol. The summed E-state index contributed by atoms with van der Waals surface area (Å²) in [5.41, 5.74) is 1.06. The normalized spacial score (nSPS) is 19.0. The first-order valence-corrected chi connectivity index (χ1v) is 7.65. The average Bonchev–Trinajstić information content (AvgIpc) is 2.86. The van der Waals surface area contributed by atoms with Crippen molar-refractivity contribution in [1.29, 1.82) is 0 Å². The number of amides is 2. The highest BCUT2D eigenvalue weighted by atomic mass is 35.5. The maximum atomic E-state index is 11.9. The van der Waals surface area contributed by atoms with Gasteiger partial charge in [0.25, 0.3) is 0 Å². The van der Waals surface area contributed by atoms with Gasteiger partial charge in [0.05, 0.1) is 0 Å². The molecule has 98 valence electrons. The molecule has 1 heterocycles. The Labute approximate surface area is 117 Å². The van der Waals surface area contributed by atoms with Crippen LogP contribution in [0.3, 0.4) is 0 Å². The van der Waals surface area contributed by atoms with E-state index in [0.29, 0.717) is 16.8 Å². The van der Waals surface area contributed by atoms with Crippen LogP contribution >= 0.6 is 23.4 Å². The molecule has 1 atom stereocenters. The number of hydrogen-bond acceptors (Lipinski definition) is 2. The summed E-state index contributed by atoms with van der Waals surface area (Å²) in [6.07, 6.45) is 3.19. The van der Waals surface area contributed by atoms with Crippen LogP contribution < -0.4 is 5.32 Å². The molecule has 0 aliphatic carbocycles. The fraction of sp³-hybridized carbons (Fsp3) is 0.462. The maximum Gasteiger partial charge on any atom is 0.317 e. The van der Waals surface area contributed by atoms with E-state index in [4.69, 9.17) is 11.6 Å². The van der Waals surface area contributed by atoms with Crippen LogP contribution in [0.5, 0.6) is 0 Å². The van der Waals surface area contributed by atoms with E-state index in [-0.39, 0.29) is 6.03 Å². The highest BCUT2D eigenvalue weighted by Gasteiger charge is 2.25. The molecule has 5 heteroatoms. The van der Waals surface area contributed by atoms with Gasteiger partial charge in [0, 0.05) is 29.9 Å². The quantitative estimate of drug-likeness (QED) is 0.925. The molecule has 0 unspecified atom stereocenters. The van der Waals surface area contributed by atoms with Crippen LogP contribution in [0, 0.1) is 0 Å². The van der Waals surface area contributed by atoms with Crippen LogP contribution in [0.1, 0.15) is 12.0 Å². The van der Waals surface area contributed by atoms with Gasteiger partial charge in [0.15, 0.2) is 0 Å². The zero-order valence-electron chi connectivity index (χ0n) is 10.4. The summed E-state index contributed by atoms with van der Waals surface area (Å²) in [5.74, 6) is 0. The molecule has 1 fully saturated rings. The standard InChI is InChI=1S/C13H17ClN2OS/c1-18-12-6-7-16(9-12)13(17)15-8-10-2-4-11(14)5-3-10/h2-5,12H,6-9H2,1H3,(H,15,17)/t12-/m1/s1. The maximum absolute atomic E-state index is 11.9. The van der Waals surface area contributed by atoms with Crippen LogP contribution in [0.4, 0.5) is 4.79 Å². The largest absolute Gasteiger partial charge is 0.334 e. The fourth-order valence-corrected chi connectivity index (χ4v) is 2.79. The molecule has 0 radical (unpaired) electrons. The van der Waals surface area contributed by atoms with Crippen LogP contribution in [-0.4, -0.2) is 35.5 Å². The summed E-state index contributed by atoms with van der Waals surface area (Å²) in [6.45, 7) is 2.27. The first-order chi connectivity index (χ1) is 8.69. The second-order valence-electron chi connectivity index (χ2n) is 4.38. The number of hydrogen-bond donors (Lipinski definition) is 1. The Hall–Kier alpha value is -0.870. The van der Waals surface area contributed by atoms with Gasteiger partial charge in [-0.25, -0.2) is 4.79 Å². The summed E-state index contributed by atoms with van der Waals surface area (Å²) >= 11 is 7.65. The number of likely N-dealkylation sites (tertiary alicyclic amines) is 1. The zero-order chi connectivity index (χ0) is 13.0. The number of halogens is 1. The molecule has 0 spiro atoms. The number of urea groups is 1. The lowest BCUT2D eigenvalue weighted by atomic mass is 10.2. The van der Waals surface area contributed by atoms with Crippen molar-refractivity contribution in [3.63, 3.8) is 0 Å². The van der Waals surface area contributed by atoms with Gasteiger partial charge in [0.2, 0.25) is 0 Å². The minimum Gasteiger partial charge on any atom is -0.334 e. The summed E-state index contributed by atoms with van der Waals surface area (Å²) in [7, 11) is 0. The topological polar surface area (TPSA) is 32.3 Å². The molecule has 1 aromatic carbocycles. The third-order valence-electron chi connectivity index (χ3n) is 3.12. The van der Waals surface area contributed by atoms with Gasteiger partial charge in [-0.3, -0.25) is 0 Å². The van der Waals surface area contributed by atoms with E-state index in [1.54, 1.807) is 0 Å². The van der Waals surface area contributed by atoms with E-state index >= 15 is 0 Å². The second-order valence-corrected chi connectivity index (χ2v) is 5.95. The van der Waals surface area contributed by atoms with Crippen molar-refractivity contribution in [3.05, 3.63) is 34.9 Å². The Balaban J connectivity index is 1.80. The van der Waals surface area contributed by atoms with Gasteiger partial charge in [-0.05, 0) is 30.4 Å². The van der Waals surface area contributed by atoms with E-state index < -0.39 is 0 Å². The molecule has 0 saturated carbocycles. The van der Waals surface area contributed by atoms with E-state index in [9.17, 15) is 4.79 Å². The summed E-state index contributed by atoms with van der Waals surface area (Å²) < 4.78 is 0. The number of carbonyl (C=O) groups excluding carboxylic acids is 1. The zero-order valence-corrected chi connectivity index (χ0v) is 11.9. The molecule has 1 saturated heterocycles. The van der Waals surface area contributed by atoms with Crippen LogP contribution in [0.2, 0.25) is 5.02 Å². The number of carbonyl (C=O) groups is 1. The molecule has 0 aromatic heterocycles. The van der Waals surface area contributed by atoms with Crippen molar-refractivity contribution < 1.29 is 4.79 Å². The van der Waals surface area contributed by atoms with E-state index in [1.807, 2.05) is 40.9 Å². The highest BCUT2D eigenvalue weighted by Crippen LogP contribution is 2.20. The lowest BCUT2D eigenvalue weighted by Gasteiger charge is -2.17. The third kappa shape index (κ3) is 3.56. The first kappa shape index (κ1) is 13.6. The van der Waals surface area contributed by atoms with Gasteiger partial charge in [-0.15, -0.1) is 0 Å². The minimum absolute atomic E-state index is 0.0292. The van der Waals surface area contributed by atoms with Crippen molar-refractivity contribution in [2.45, 2.75) is 18.2 Å². The fourth-order valence-electron chi connectivity index (χ4n) is 2.00. The SMILES string of the molecule is CS[C@@H]1CCN(C(=O)NCc2ccc(Cl)cc2)C1. The molecule has 1 aliphatic heterocycles. The Kier molecular flexibility index (Phi) is 4.78. The van der Waals surface area contributed by atoms with Crippen molar-refractivity contribution in [1.82, 2.24) is 10.2 Å². The van der Waals surface area contributed by atoms with E-state index in [2.05, 4.69) is 11.6 Å². The molecule has 1 aromatic rings. The Morgan fingerprint density at radius 3 is 2.83 bits per heavy atom. The van der Waals surface area contributed by atoms with Crippen LogP contribution in [0.25, 0.3) is 0 Å². The van der Waals surface area contributed by atoms with Gasteiger partial charge in [-0.1, -0.05) is 23.7 Å². The van der Waals surface area contributed by atoms with Crippen molar-refractivity contribution in [3.8, 4) is 0 Å². The Bertz CT molecular complexity index is 410. The Morgan fingerprint density at radius 2 is 2.22 bits per heavy atom. The van der Waals surface area contributed by atoms with Gasteiger partial charge in [0.1, 0.15) is 0 Å². The molecule has 2 rings (SSSR count). The number of thioether (sulfide) groups is 1. The number of benzene rings is 1. The number of nitrogens with zero attached hydrogens (tertiary/aromatic N) is 1. The second kappa shape index (κ2) is 6.34. The predicted octanol–water partition coefficient (Wildman–Crippen LogP) is 2.99. The lowest BCUT2D eigenvalue weighted by molar-refractivity contribution is 0.208. The molecule has 1 aliphatic rings. The number of rotatable bonds is 3. The first-order valence-electron chi connectivity index (χ1n) is 5.99. The minimum atomic E-state index is 0.0292. The monoisotopic (exact) mass is 284 g/mol. The van der Waals surface area contributed by atoms with Gasteiger partial charge >= 0.3 is 6.03 Å². The molecule has 2 amide bonds. The van der Waals surface area contributed by atoms with Crippen molar-refractivity contribution in [2.75, 3.05) is 19.3 Å². The number of nitrogens with one attached hydrogen (secondary N) is 1. The lowest BCUT2D eigenvalue weighted by Crippen LogP contribution is -2.38.